The van der Waals surface area contributed by atoms with Gasteiger partial charge in [0.2, 0.25) is 5.91 Å². The van der Waals surface area contributed by atoms with Crippen LogP contribution in [0, 0.1) is 13.8 Å². The van der Waals surface area contributed by atoms with Gasteiger partial charge in [0, 0.05) is 17.7 Å². The van der Waals surface area contributed by atoms with E-state index in [0.29, 0.717) is 13.0 Å². The molecule has 0 fully saturated rings. The number of para-hydroxylation sites is 1. The molecule has 0 aliphatic rings. The average molecular weight is 438 g/mol. The van der Waals surface area contributed by atoms with E-state index in [1.807, 2.05) is 32.0 Å². The number of rotatable bonds is 11. The van der Waals surface area contributed by atoms with Crippen LogP contribution in [-0.2, 0) is 15.6 Å². The molecule has 1 N–H and O–H groups in total. The molecule has 32 heavy (non-hydrogen) atoms. The van der Waals surface area contributed by atoms with Gasteiger partial charge in [-0.2, -0.15) is 0 Å². The minimum absolute atomic E-state index is 0.0560. The number of nitrogens with one attached hydrogen (secondary N) is 1. The smallest absolute Gasteiger partial charge is 0.224 e. The molecule has 0 aliphatic carbocycles. The molecule has 1 amide bonds. The van der Waals surface area contributed by atoms with Crippen molar-refractivity contribution in [1.82, 2.24) is 0 Å². The number of hydrogen-bond acceptors (Lipinski definition) is 2. The maximum atomic E-state index is 12.4. The van der Waals surface area contributed by atoms with E-state index in [2.05, 4.69) is 65.1 Å². The molecule has 0 atom stereocenters. The SMILES string of the molecule is CCC(C)(C)c1ccc(OCCCCC(=O)Nc2c(C)cccc2C)c(C(C)(C)CC)c1. The summed E-state index contributed by atoms with van der Waals surface area (Å²) in [6.07, 6.45) is 4.33. The molecule has 2 aromatic rings. The van der Waals surface area contributed by atoms with Crippen molar-refractivity contribution in [1.29, 1.82) is 0 Å². The maximum absolute atomic E-state index is 12.4. The van der Waals surface area contributed by atoms with Gasteiger partial charge in [-0.1, -0.05) is 71.9 Å². The Morgan fingerprint density at radius 2 is 1.53 bits per heavy atom. The van der Waals surface area contributed by atoms with E-state index in [0.717, 1.165) is 48.2 Å². The van der Waals surface area contributed by atoms with E-state index in [4.69, 9.17) is 4.74 Å². The molecule has 0 unspecified atom stereocenters. The first kappa shape index (κ1) is 26.0. The highest BCUT2D eigenvalue weighted by atomic mass is 16.5. The first-order chi connectivity index (χ1) is 15.0. The summed E-state index contributed by atoms with van der Waals surface area (Å²) in [7, 11) is 0. The zero-order valence-corrected chi connectivity index (χ0v) is 21.5. The molecule has 0 heterocycles. The lowest BCUT2D eigenvalue weighted by Gasteiger charge is -2.30. The normalized spacial score (nSPS) is 12.0. The van der Waals surface area contributed by atoms with Crippen molar-refractivity contribution >= 4 is 11.6 Å². The highest BCUT2D eigenvalue weighted by molar-refractivity contribution is 5.92. The van der Waals surface area contributed by atoms with Crippen LogP contribution in [0.5, 0.6) is 5.75 Å². The fourth-order valence-corrected chi connectivity index (χ4v) is 3.78. The van der Waals surface area contributed by atoms with Crippen molar-refractivity contribution in [2.45, 2.75) is 98.3 Å². The fraction of sp³-hybridized carbons (Fsp3) is 0.552. The summed E-state index contributed by atoms with van der Waals surface area (Å²) in [5.74, 6) is 1.05. The Balaban J connectivity index is 1.95. The number of benzene rings is 2. The van der Waals surface area contributed by atoms with Crippen LogP contribution in [0.4, 0.5) is 5.69 Å². The second kappa shape index (κ2) is 11.0. The van der Waals surface area contributed by atoms with Crippen LogP contribution in [0.3, 0.4) is 0 Å². The Labute approximate surface area is 196 Å². The number of amides is 1. The van der Waals surface area contributed by atoms with E-state index in [1.54, 1.807) is 0 Å². The minimum Gasteiger partial charge on any atom is -0.493 e. The van der Waals surface area contributed by atoms with Gasteiger partial charge in [-0.15, -0.1) is 0 Å². The number of carbonyl (C=O) groups excluding carboxylic acids is 1. The zero-order chi connectivity index (χ0) is 23.9. The van der Waals surface area contributed by atoms with Gasteiger partial charge in [0.25, 0.3) is 0 Å². The van der Waals surface area contributed by atoms with E-state index < -0.39 is 0 Å². The van der Waals surface area contributed by atoms with Gasteiger partial charge in [-0.25, -0.2) is 0 Å². The van der Waals surface area contributed by atoms with Crippen LogP contribution >= 0.6 is 0 Å². The summed E-state index contributed by atoms with van der Waals surface area (Å²) in [6, 6.07) is 12.8. The standard InChI is InChI=1S/C29H43NO2/c1-9-28(5,6)23-17-18-25(24(20-23)29(7,8)10-2)32-19-12-11-16-26(31)30-27-21(3)14-13-15-22(27)4/h13-15,17-18,20H,9-12,16,19H2,1-8H3,(H,30,31). The van der Waals surface area contributed by atoms with Gasteiger partial charge in [-0.3, -0.25) is 4.79 Å². The van der Waals surface area contributed by atoms with Gasteiger partial charge in [-0.05, 0) is 73.1 Å². The van der Waals surface area contributed by atoms with Gasteiger partial charge in [0.15, 0.2) is 0 Å². The summed E-state index contributed by atoms with van der Waals surface area (Å²) >= 11 is 0. The van der Waals surface area contributed by atoms with Crippen molar-refractivity contribution in [2.75, 3.05) is 11.9 Å². The lowest BCUT2D eigenvalue weighted by molar-refractivity contribution is -0.116. The number of hydrogen-bond donors (Lipinski definition) is 1. The lowest BCUT2D eigenvalue weighted by atomic mass is 9.76. The van der Waals surface area contributed by atoms with Crippen molar-refractivity contribution in [3.8, 4) is 5.75 Å². The molecule has 0 saturated carbocycles. The van der Waals surface area contributed by atoms with Crippen molar-refractivity contribution in [3.05, 3.63) is 58.7 Å². The lowest BCUT2D eigenvalue weighted by Crippen LogP contribution is -2.21. The van der Waals surface area contributed by atoms with Crippen LogP contribution < -0.4 is 10.1 Å². The Bertz CT molecular complexity index is 891. The first-order valence-electron chi connectivity index (χ1n) is 12.2. The molecule has 0 aliphatic heterocycles. The predicted octanol–water partition coefficient (Wildman–Crippen LogP) is 7.87. The third-order valence-corrected chi connectivity index (χ3v) is 7.06. The van der Waals surface area contributed by atoms with Crippen molar-refractivity contribution in [2.24, 2.45) is 0 Å². The Hall–Kier alpha value is -2.29. The third kappa shape index (κ3) is 6.60. The Morgan fingerprint density at radius 3 is 2.12 bits per heavy atom. The number of anilines is 1. The van der Waals surface area contributed by atoms with E-state index in [9.17, 15) is 4.79 Å². The van der Waals surface area contributed by atoms with Gasteiger partial charge in [0.05, 0.1) is 6.61 Å². The van der Waals surface area contributed by atoms with Crippen LogP contribution in [0.15, 0.2) is 36.4 Å². The first-order valence-corrected chi connectivity index (χ1v) is 12.2. The van der Waals surface area contributed by atoms with Gasteiger partial charge >= 0.3 is 0 Å². The van der Waals surface area contributed by atoms with Crippen LogP contribution in [0.25, 0.3) is 0 Å². The summed E-state index contributed by atoms with van der Waals surface area (Å²) in [5, 5.41) is 3.07. The molecule has 0 aromatic heterocycles. The van der Waals surface area contributed by atoms with Crippen LogP contribution in [0.2, 0.25) is 0 Å². The number of aryl methyl sites for hydroxylation is 2. The monoisotopic (exact) mass is 437 g/mol. The molecule has 0 saturated heterocycles. The van der Waals surface area contributed by atoms with Crippen molar-refractivity contribution in [3.63, 3.8) is 0 Å². The molecule has 0 radical (unpaired) electrons. The third-order valence-electron chi connectivity index (χ3n) is 7.06. The summed E-state index contributed by atoms with van der Waals surface area (Å²) in [6.45, 7) is 18.3. The van der Waals surface area contributed by atoms with E-state index >= 15 is 0 Å². The van der Waals surface area contributed by atoms with Crippen molar-refractivity contribution < 1.29 is 9.53 Å². The summed E-state index contributed by atoms with van der Waals surface area (Å²) in [5.41, 5.74) is 6.00. The second-order valence-electron chi connectivity index (χ2n) is 10.3. The van der Waals surface area contributed by atoms with Gasteiger partial charge in [0.1, 0.15) is 5.75 Å². The highest BCUT2D eigenvalue weighted by Crippen LogP contribution is 2.38. The number of unbranched alkanes of at least 4 members (excludes halogenated alkanes) is 1. The molecule has 3 heteroatoms. The maximum Gasteiger partial charge on any atom is 0.224 e. The molecule has 2 rings (SSSR count). The molecule has 0 bridgehead atoms. The molecule has 0 spiro atoms. The summed E-state index contributed by atoms with van der Waals surface area (Å²) < 4.78 is 6.23. The fourth-order valence-electron chi connectivity index (χ4n) is 3.78. The van der Waals surface area contributed by atoms with Crippen LogP contribution in [-0.4, -0.2) is 12.5 Å². The average Bonchev–Trinajstić information content (AvgIpc) is 2.76. The largest absolute Gasteiger partial charge is 0.493 e. The van der Waals surface area contributed by atoms with Gasteiger partial charge < -0.3 is 10.1 Å². The highest BCUT2D eigenvalue weighted by Gasteiger charge is 2.26. The second-order valence-corrected chi connectivity index (χ2v) is 10.3. The molecular weight excluding hydrogens is 394 g/mol. The quantitative estimate of drug-likeness (QED) is 0.363. The summed E-state index contributed by atoms with van der Waals surface area (Å²) in [4.78, 5) is 12.4. The zero-order valence-electron chi connectivity index (χ0n) is 21.5. The Kier molecular flexibility index (Phi) is 8.95. The van der Waals surface area contributed by atoms with Crippen LogP contribution in [0.1, 0.15) is 95.9 Å². The number of ether oxygens (including phenoxy) is 1. The molecule has 2 aromatic carbocycles. The van der Waals surface area contributed by atoms with E-state index in [1.165, 1.54) is 11.1 Å². The molecular formula is C29H43NO2. The molecule has 3 nitrogen and oxygen atoms in total. The Morgan fingerprint density at radius 1 is 0.906 bits per heavy atom. The van der Waals surface area contributed by atoms with E-state index in [-0.39, 0.29) is 16.7 Å². The molecule has 176 valence electrons. The minimum atomic E-state index is 0.0560. The topological polar surface area (TPSA) is 38.3 Å². The number of carbonyl (C=O) groups is 1. The predicted molar refractivity (Wildman–Crippen MR) is 137 cm³/mol.